The van der Waals surface area contributed by atoms with Crippen molar-refractivity contribution in [2.75, 3.05) is 13.7 Å². The van der Waals surface area contributed by atoms with Crippen molar-refractivity contribution in [1.29, 1.82) is 0 Å². The molecular weight excluding hydrogens is 170 g/mol. The normalized spacial score (nSPS) is 13.2. The van der Waals surface area contributed by atoms with Crippen LogP contribution >= 0.6 is 11.3 Å². The first-order valence-electron chi connectivity index (χ1n) is 4.07. The van der Waals surface area contributed by atoms with Gasteiger partial charge in [0.2, 0.25) is 0 Å². The number of hydrogen-bond acceptors (Lipinski definition) is 3. The summed E-state index contributed by atoms with van der Waals surface area (Å²) in [7, 11) is 1.73. The summed E-state index contributed by atoms with van der Waals surface area (Å²) >= 11 is 1.78. The molecule has 0 saturated carbocycles. The molecule has 0 aliphatic heterocycles. The maximum atomic E-state index is 5.01. The van der Waals surface area contributed by atoms with Crippen molar-refractivity contribution < 1.29 is 4.74 Å². The van der Waals surface area contributed by atoms with E-state index in [0.29, 0.717) is 6.04 Å². The third-order valence-corrected chi connectivity index (χ3v) is 2.50. The van der Waals surface area contributed by atoms with Gasteiger partial charge in [-0.1, -0.05) is 6.07 Å². The fourth-order valence-electron chi connectivity index (χ4n) is 0.997. The zero-order valence-corrected chi connectivity index (χ0v) is 8.36. The summed E-state index contributed by atoms with van der Waals surface area (Å²) in [5, 5.41) is 5.47. The molecule has 0 unspecified atom stereocenters. The highest BCUT2D eigenvalue weighted by Gasteiger charge is 1.99. The maximum Gasteiger partial charge on any atom is 0.0613 e. The van der Waals surface area contributed by atoms with Crippen molar-refractivity contribution >= 4 is 11.3 Å². The van der Waals surface area contributed by atoms with Gasteiger partial charge in [-0.25, -0.2) is 0 Å². The first-order chi connectivity index (χ1) is 5.83. The lowest BCUT2D eigenvalue weighted by atomic mass is 10.3. The molecule has 0 fully saturated rings. The van der Waals surface area contributed by atoms with E-state index in [1.165, 1.54) is 4.88 Å². The van der Waals surface area contributed by atoms with E-state index >= 15 is 0 Å². The zero-order chi connectivity index (χ0) is 8.81. The summed E-state index contributed by atoms with van der Waals surface area (Å²) in [6.45, 7) is 3.84. The van der Waals surface area contributed by atoms with Gasteiger partial charge in [0.1, 0.15) is 0 Å². The van der Waals surface area contributed by atoms with E-state index in [9.17, 15) is 0 Å². The van der Waals surface area contributed by atoms with Crippen LogP contribution in [0.4, 0.5) is 0 Å². The average molecular weight is 185 g/mol. The van der Waals surface area contributed by atoms with Gasteiger partial charge >= 0.3 is 0 Å². The molecule has 0 spiro atoms. The molecule has 68 valence electrons. The van der Waals surface area contributed by atoms with Crippen molar-refractivity contribution in [3.8, 4) is 0 Å². The second kappa shape index (κ2) is 5.30. The quantitative estimate of drug-likeness (QED) is 0.756. The molecule has 0 bridgehead atoms. The van der Waals surface area contributed by atoms with Gasteiger partial charge in [-0.15, -0.1) is 11.3 Å². The Morgan fingerprint density at radius 3 is 3.08 bits per heavy atom. The van der Waals surface area contributed by atoms with Gasteiger partial charge in [0, 0.05) is 24.6 Å². The maximum absolute atomic E-state index is 5.01. The second-order valence-corrected chi connectivity index (χ2v) is 3.85. The molecule has 2 nitrogen and oxygen atoms in total. The number of hydrogen-bond donors (Lipinski definition) is 1. The van der Waals surface area contributed by atoms with Crippen molar-refractivity contribution in [2.45, 2.75) is 19.5 Å². The minimum Gasteiger partial charge on any atom is -0.383 e. The topological polar surface area (TPSA) is 21.3 Å². The lowest BCUT2D eigenvalue weighted by molar-refractivity contribution is 0.172. The Morgan fingerprint density at radius 2 is 2.50 bits per heavy atom. The predicted molar refractivity (Wildman–Crippen MR) is 52.5 cm³/mol. The highest BCUT2D eigenvalue weighted by Crippen LogP contribution is 2.07. The molecule has 1 atom stereocenters. The third-order valence-electron chi connectivity index (χ3n) is 1.62. The van der Waals surface area contributed by atoms with Gasteiger partial charge in [0.05, 0.1) is 6.61 Å². The summed E-state index contributed by atoms with van der Waals surface area (Å²) in [4.78, 5) is 1.37. The Morgan fingerprint density at radius 1 is 1.67 bits per heavy atom. The lowest BCUT2D eigenvalue weighted by Crippen LogP contribution is -2.29. The Kier molecular flexibility index (Phi) is 4.29. The smallest absolute Gasteiger partial charge is 0.0613 e. The van der Waals surface area contributed by atoms with Crippen LogP contribution < -0.4 is 5.32 Å². The molecular formula is C9H15NOS. The Bertz CT molecular complexity index is 198. The van der Waals surface area contributed by atoms with Crippen molar-refractivity contribution in [1.82, 2.24) is 5.32 Å². The molecule has 0 aromatic carbocycles. The van der Waals surface area contributed by atoms with Crippen LogP contribution in [0.2, 0.25) is 0 Å². The Hall–Kier alpha value is -0.380. The van der Waals surface area contributed by atoms with E-state index in [2.05, 4.69) is 29.8 Å². The van der Waals surface area contributed by atoms with Crippen LogP contribution in [0.5, 0.6) is 0 Å². The summed E-state index contributed by atoms with van der Waals surface area (Å²) in [6.07, 6.45) is 0. The SMILES string of the molecule is COC[C@@H](C)NCc1cccs1. The van der Waals surface area contributed by atoms with Crippen LogP contribution in [-0.4, -0.2) is 19.8 Å². The molecule has 12 heavy (non-hydrogen) atoms. The second-order valence-electron chi connectivity index (χ2n) is 2.82. The van der Waals surface area contributed by atoms with Gasteiger partial charge < -0.3 is 10.1 Å². The Balaban J connectivity index is 2.17. The highest BCUT2D eigenvalue weighted by molar-refractivity contribution is 7.09. The van der Waals surface area contributed by atoms with Crippen LogP contribution in [-0.2, 0) is 11.3 Å². The monoisotopic (exact) mass is 185 g/mol. The van der Waals surface area contributed by atoms with Gasteiger partial charge in [0.15, 0.2) is 0 Å². The molecule has 1 heterocycles. The largest absolute Gasteiger partial charge is 0.383 e. The first-order valence-corrected chi connectivity index (χ1v) is 4.95. The summed E-state index contributed by atoms with van der Waals surface area (Å²) in [6, 6.07) is 4.64. The Labute approximate surface area is 77.6 Å². The van der Waals surface area contributed by atoms with E-state index in [1.807, 2.05) is 0 Å². The standard InChI is InChI=1S/C9H15NOS/c1-8(7-11-2)10-6-9-4-3-5-12-9/h3-5,8,10H,6-7H2,1-2H3/t8-/m1/s1. The molecule has 1 aromatic heterocycles. The molecule has 0 radical (unpaired) electrons. The number of thiophene rings is 1. The molecule has 0 aliphatic carbocycles. The third kappa shape index (κ3) is 3.34. The van der Waals surface area contributed by atoms with E-state index < -0.39 is 0 Å². The van der Waals surface area contributed by atoms with Crippen molar-refractivity contribution in [3.05, 3.63) is 22.4 Å². The van der Waals surface area contributed by atoms with Crippen LogP contribution in [0.25, 0.3) is 0 Å². The van der Waals surface area contributed by atoms with E-state index in [1.54, 1.807) is 18.4 Å². The predicted octanol–water partition coefficient (Wildman–Crippen LogP) is 1.87. The first kappa shape index (κ1) is 9.71. The molecule has 3 heteroatoms. The van der Waals surface area contributed by atoms with Crippen LogP contribution in [0.15, 0.2) is 17.5 Å². The van der Waals surface area contributed by atoms with Crippen molar-refractivity contribution in [3.63, 3.8) is 0 Å². The van der Waals surface area contributed by atoms with E-state index in [0.717, 1.165) is 13.2 Å². The fraction of sp³-hybridized carbons (Fsp3) is 0.556. The number of nitrogens with one attached hydrogen (secondary N) is 1. The molecule has 1 N–H and O–H groups in total. The molecule has 1 aromatic rings. The van der Waals surface area contributed by atoms with Crippen LogP contribution in [0.3, 0.4) is 0 Å². The fourth-order valence-corrected chi connectivity index (χ4v) is 1.65. The summed E-state index contributed by atoms with van der Waals surface area (Å²) in [5.41, 5.74) is 0. The lowest BCUT2D eigenvalue weighted by Gasteiger charge is -2.10. The number of methoxy groups -OCH3 is 1. The zero-order valence-electron chi connectivity index (χ0n) is 7.54. The van der Waals surface area contributed by atoms with Gasteiger partial charge in [-0.05, 0) is 18.4 Å². The van der Waals surface area contributed by atoms with E-state index in [-0.39, 0.29) is 0 Å². The summed E-state index contributed by atoms with van der Waals surface area (Å²) in [5.74, 6) is 0. The average Bonchev–Trinajstić information content (AvgIpc) is 2.53. The molecule has 1 rings (SSSR count). The highest BCUT2D eigenvalue weighted by atomic mass is 32.1. The molecule has 0 aliphatic rings. The minimum atomic E-state index is 0.428. The number of rotatable bonds is 5. The van der Waals surface area contributed by atoms with Crippen LogP contribution in [0, 0.1) is 0 Å². The van der Waals surface area contributed by atoms with Crippen molar-refractivity contribution in [2.24, 2.45) is 0 Å². The van der Waals surface area contributed by atoms with Crippen LogP contribution in [0.1, 0.15) is 11.8 Å². The van der Waals surface area contributed by atoms with Gasteiger partial charge in [-0.3, -0.25) is 0 Å². The molecule has 0 saturated heterocycles. The summed E-state index contributed by atoms with van der Waals surface area (Å²) < 4.78 is 5.01. The van der Waals surface area contributed by atoms with Gasteiger partial charge in [-0.2, -0.15) is 0 Å². The van der Waals surface area contributed by atoms with E-state index in [4.69, 9.17) is 4.74 Å². The number of ether oxygens (including phenoxy) is 1. The minimum absolute atomic E-state index is 0.428. The van der Waals surface area contributed by atoms with Gasteiger partial charge in [0.25, 0.3) is 0 Å². The molecule has 0 amide bonds.